The van der Waals surface area contributed by atoms with Crippen LogP contribution in [0.5, 0.6) is 0 Å². The number of hydrogen-bond donors (Lipinski definition) is 0. The molecule has 2 aromatic heterocycles. The van der Waals surface area contributed by atoms with Crippen molar-refractivity contribution < 1.29 is 18.0 Å². The minimum Gasteiger partial charge on any atom is -0.338 e. The van der Waals surface area contributed by atoms with Gasteiger partial charge in [0.2, 0.25) is 5.91 Å². The third kappa shape index (κ3) is 5.85. The molecule has 0 aliphatic heterocycles. The Morgan fingerprint density at radius 1 is 0.914 bits per heavy atom. The second kappa shape index (κ2) is 10.2. The Hall–Kier alpha value is -3.75. The van der Waals surface area contributed by atoms with E-state index in [1.807, 2.05) is 65.6 Å². The highest BCUT2D eigenvalue weighted by atomic mass is 19.4. The Balaban J connectivity index is 1.52. The molecule has 0 radical (unpaired) electrons. The van der Waals surface area contributed by atoms with Crippen LogP contribution in [0.2, 0.25) is 0 Å². The van der Waals surface area contributed by atoms with Crippen LogP contribution < -0.4 is 0 Å². The second-order valence-corrected chi connectivity index (χ2v) is 8.44. The first kappa shape index (κ1) is 24.4. The fraction of sp³-hybridized carbons (Fsp3) is 0.308. The quantitative estimate of drug-likeness (QED) is 0.357. The van der Waals surface area contributed by atoms with E-state index in [0.29, 0.717) is 36.5 Å². The normalized spacial score (nSPS) is 11.7. The van der Waals surface area contributed by atoms with Gasteiger partial charge in [0, 0.05) is 30.9 Å². The van der Waals surface area contributed by atoms with E-state index in [-0.39, 0.29) is 18.1 Å². The van der Waals surface area contributed by atoms with Crippen molar-refractivity contribution in [3.05, 3.63) is 94.6 Å². The van der Waals surface area contributed by atoms with Crippen LogP contribution in [0.4, 0.5) is 13.2 Å². The maximum absolute atomic E-state index is 13.3. The van der Waals surface area contributed by atoms with Gasteiger partial charge < -0.3 is 4.90 Å². The van der Waals surface area contributed by atoms with E-state index in [9.17, 15) is 18.0 Å². The van der Waals surface area contributed by atoms with E-state index in [0.717, 1.165) is 22.1 Å². The number of alkyl halides is 3. The van der Waals surface area contributed by atoms with Crippen molar-refractivity contribution in [3.63, 3.8) is 0 Å². The second-order valence-electron chi connectivity index (χ2n) is 8.44. The summed E-state index contributed by atoms with van der Waals surface area (Å²) in [5.41, 5.74) is 3.93. The molecule has 9 heteroatoms. The lowest BCUT2D eigenvalue weighted by Gasteiger charge is -2.23. The van der Waals surface area contributed by atoms with Crippen molar-refractivity contribution in [2.24, 2.45) is 0 Å². The number of rotatable bonds is 8. The Morgan fingerprint density at radius 2 is 1.54 bits per heavy atom. The third-order valence-corrected chi connectivity index (χ3v) is 5.97. The molecule has 0 saturated heterocycles. The maximum Gasteiger partial charge on any atom is 0.453 e. The number of carbonyl (C=O) groups is 1. The van der Waals surface area contributed by atoms with Crippen LogP contribution in [0.3, 0.4) is 0 Å². The zero-order chi connectivity index (χ0) is 25.0. The average Bonchev–Trinajstić information content (AvgIpc) is 3.27. The number of nitrogens with zero attached hydrogens (tertiary/aromatic N) is 5. The Labute approximate surface area is 201 Å². The Kier molecular flexibility index (Phi) is 7.14. The number of hydrogen-bond acceptors (Lipinski definition) is 4. The van der Waals surface area contributed by atoms with E-state index in [1.54, 1.807) is 13.8 Å². The molecule has 4 rings (SSSR count). The third-order valence-electron chi connectivity index (χ3n) is 5.97. The number of fused-ring (bicyclic) bond motifs is 1. The van der Waals surface area contributed by atoms with E-state index in [2.05, 4.69) is 15.1 Å². The molecule has 182 valence electrons. The summed E-state index contributed by atoms with van der Waals surface area (Å²) in [7, 11) is 0. The largest absolute Gasteiger partial charge is 0.453 e. The lowest BCUT2D eigenvalue weighted by molar-refractivity contribution is -0.144. The smallest absolute Gasteiger partial charge is 0.338 e. The van der Waals surface area contributed by atoms with Crippen molar-refractivity contribution in [2.75, 3.05) is 6.54 Å². The van der Waals surface area contributed by atoms with Gasteiger partial charge in [-0.1, -0.05) is 60.7 Å². The van der Waals surface area contributed by atoms with Gasteiger partial charge in [-0.05, 0) is 43.4 Å². The van der Waals surface area contributed by atoms with E-state index in [4.69, 9.17) is 0 Å². The first-order valence-corrected chi connectivity index (χ1v) is 11.4. The highest BCUT2D eigenvalue weighted by Crippen LogP contribution is 2.27. The average molecular weight is 482 g/mol. The molecule has 2 aromatic carbocycles. The Morgan fingerprint density at radius 3 is 2.17 bits per heavy atom. The molecule has 0 saturated carbocycles. The van der Waals surface area contributed by atoms with Crippen LogP contribution in [0.25, 0.3) is 5.78 Å². The molecule has 35 heavy (non-hydrogen) atoms. The molecular weight excluding hydrogens is 455 g/mol. The number of carbonyl (C=O) groups excluding carboxylic acids is 1. The number of halogens is 3. The predicted octanol–water partition coefficient (Wildman–Crippen LogP) is 4.96. The lowest BCUT2D eigenvalue weighted by atomic mass is 10.1. The molecular formula is C26H26F3N5O. The molecule has 0 unspecified atom stereocenters. The zero-order valence-corrected chi connectivity index (χ0v) is 19.6. The van der Waals surface area contributed by atoms with E-state index in [1.165, 1.54) is 0 Å². The van der Waals surface area contributed by atoms with Crippen LogP contribution in [0, 0.1) is 13.8 Å². The summed E-state index contributed by atoms with van der Waals surface area (Å²) in [5.74, 6) is -1.36. The van der Waals surface area contributed by atoms with Crippen LogP contribution in [-0.2, 0) is 30.4 Å². The number of amides is 1. The molecule has 0 aliphatic rings. The molecule has 0 N–H and O–H groups in total. The summed E-state index contributed by atoms with van der Waals surface area (Å²) in [6, 6.07) is 19.8. The van der Waals surface area contributed by atoms with Crippen LogP contribution in [-0.4, -0.2) is 36.9 Å². The molecule has 2 heterocycles. The number of aryl methyl sites for hydroxylation is 2. The molecule has 0 fully saturated rings. The van der Waals surface area contributed by atoms with Crippen molar-refractivity contribution in [3.8, 4) is 0 Å². The SMILES string of the molecule is Cc1nc2nc(C(F)(F)F)nn2c(C)c1CCC(=O)N(CCc1ccccc1)Cc1ccccc1. The van der Waals surface area contributed by atoms with E-state index >= 15 is 0 Å². The van der Waals surface area contributed by atoms with Gasteiger partial charge in [-0.2, -0.15) is 18.2 Å². The lowest BCUT2D eigenvalue weighted by Crippen LogP contribution is -2.32. The first-order valence-electron chi connectivity index (χ1n) is 11.4. The molecule has 0 atom stereocenters. The highest BCUT2D eigenvalue weighted by Gasteiger charge is 2.37. The molecule has 4 aromatic rings. The minimum absolute atomic E-state index is 0.0294. The van der Waals surface area contributed by atoms with Crippen LogP contribution in [0.1, 0.15) is 40.3 Å². The fourth-order valence-corrected chi connectivity index (χ4v) is 4.08. The standard InChI is InChI=1S/C26H26F3N5O/c1-18-22(19(2)34-25(30-18)31-24(32-34)26(27,28)29)13-14-23(35)33(17-21-11-7-4-8-12-21)16-15-20-9-5-3-6-10-20/h3-12H,13-17H2,1-2H3. The van der Waals surface area contributed by atoms with Crippen LogP contribution in [0.15, 0.2) is 60.7 Å². The maximum atomic E-state index is 13.3. The zero-order valence-electron chi connectivity index (χ0n) is 19.6. The molecule has 1 amide bonds. The monoisotopic (exact) mass is 481 g/mol. The molecule has 0 spiro atoms. The van der Waals surface area contributed by atoms with Crippen LogP contribution >= 0.6 is 0 Å². The first-order chi connectivity index (χ1) is 16.7. The van der Waals surface area contributed by atoms with Gasteiger partial charge in [-0.25, -0.2) is 9.50 Å². The van der Waals surface area contributed by atoms with Crippen molar-refractivity contribution in [1.82, 2.24) is 24.5 Å². The van der Waals surface area contributed by atoms with Gasteiger partial charge in [-0.15, -0.1) is 5.10 Å². The van der Waals surface area contributed by atoms with Gasteiger partial charge in [0.05, 0.1) is 0 Å². The predicted molar refractivity (Wildman–Crippen MR) is 126 cm³/mol. The molecule has 0 bridgehead atoms. The van der Waals surface area contributed by atoms with Crippen molar-refractivity contribution >= 4 is 11.7 Å². The highest BCUT2D eigenvalue weighted by molar-refractivity contribution is 5.76. The van der Waals surface area contributed by atoms with Crippen molar-refractivity contribution in [1.29, 1.82) is 0 Å². The summed E-state index contributed by atoms with van der Waals surface area (Å²) in [6.45, 7) is 4.43. The number of benzene rings is 2. The van der Waals surface area contributed by atoms with Gasteiger partial charge in [-0.3, -0.25) is 4.79 Å². The fourth-order valence-electron chi connectivity index (χ4n) is 4.08. The van der Waals surface area contributed by atoms with Gasteiger partial charge >= 0.3 is 6.18 Å². The van der Waals surface area contributed by atoms with Crippen molar-refractivity contribution in [2.45, 2.75) is 45.8 Å². The summed E-state index contributed by atoms with van der Waals surface area (Å²) in [6.07, 6.45) is -3.38. The summed E-state index contributed by atoms with van der Waals surface area (Å²) < 4.78 is 40.3. The topological polar surface area (TPSA) is 63.4 Å². The summed E-state index contributed by atoms with van der Waals surface area (Å²) in [4.78, 5) is 22.8. The molecule has 6 nitrogen and oxygen atoms in total. The summed E-state index contributed by atoms with van der Waals surface area (Å²) >= 11 is 0. The minimum atomic E-state index is -4.65. The van der Waals surface area contributed by atoms with Gasteiger partial charge in [0.15, 0.2) is 0 Å². The van der Waals surface area contributed by atoms with Gasteiger partial charge in [0.25, 0.3) is 11.6 Å². The summed E-state index contributed by atoms with van der Waals surface area (Å²) in [5, 5.41) is 3.59. The van der Waals surface area contributed by atoms with E-state index < -0.39 is 12.0 Å². The van der Waals surface area contributed by atoms with Gasteiger partial charge in [0.1, 0.15) is 0 Å². The Bertz CT molecular complexity index is 1300. The molecule has 0 aliphatic carbocycles. The number of aromatic nitrogens is 4.